The monoisotopic (exact) mass is 309 g/mol. The molecule has 0 fully saturated rings. The van der Waals surface area contributed by atoms with E-state index in [0.29, 0.717) is 12.2 Å². The van der Waals surface area contributed by atoms with Crippen LogP contribution in [0, 0.1) is 0 Å². The zero-order chi connectivity index (χ0) is 16.4. The lowest BCUT2D eigenvalue weighted by atomic mass is 10.0. The van der Waals surface area contributed by atoms with Crippen molar-refractivity contribution >= 4 is 16.9 Å². The van der Waals surface area contributed by atoms with E-state index in [9.17, 15) is 9.90 Å². The zero-order valence-corrected chi connectivity index (χ0v) is 13.2. The lowest BCUT2D eigenvalue weighted by Gasteiger charge is -2.06. The van der Waals surface area contributed by atoms with Gasteiger partial charge in [0.05, 0.1) is 12.2 Å². The van der Waals surface area contributed by atoms with Crippen molar-refractivity contribution in [1.82, 2.24) is 4.57 Å². The van der Waals surface area contributed by atoms with E-state index >= 15 is 0 Å². The highest BCUT2D eigenvalue weighted by Crippen LogP contribution is 2.29. The molecule has 0 bridgehead atoms. The first-order chi connectivity index (χ1) is 11.1. The van der Waals surface area contributed by atoms with Crippen LogP contribution in [-0.4, -0.2) is 22.2 Å². The highest BCUT2D eigenvalue weighted by molar-refractivity contribution is 6.04. The molecule has 0 saturated heterocycles. The highest BCUT2D eigenvalue weighted by atomic mass is 16.5. The fraction of sp³-hybridized carbons (Fsp3) is 0.211. The van der Waals surface area contributed by atoms with Gasteiger partial charge < -0.3 is 14.4 Å². The number of aromatic nitrogens is 1. The summed E-state index contributed by atoms with van der Waals surface area (Å²) in [5, 5.41) is 10.2. The number of carboxylic acid groups (broad SMARTS) is 1. The van der Waals surface area contributed by atoms with Crippen LogP contribution in [0.15, 0.2) is 48.7 Å². The van der Waals surface area contributed by atoms with Gasteiger partial charge in [0.2, 0.25) is 0 Å². The van der Waals surface area contributed by atoms with Crippen molar-refractivity contribution in [2.24, 2.45) is 0 Å². The standard InChI is InChI=1S/C19H19NO3/c1-3-20-12-17(19(21)22)16-11-14(7-10-18(16)20)13-5-8-15(9-6-13)23-4-2/h5-12H,3-4H2,1-2H3,(H,21,22). The second-order valence-electron chi connectivity index (χ2n) is 5.32. The Kier molecular flexibility index (Phi) is 4.06. The predicted octanol–water partition coefficient (Wildman–Crippen LogP) is 4.43. The summed E-state index contributed by atoms with van der Waals surface area (Å²) in [5.74, 6) is -0.0632. The third kappa shape index (κ3) is 2.80. The Balaban J connectivity index is 2.08. The van der Waals surface area contributed by atoms with E-state index in [1.54, 1.807) is 6.20 Å². The number of fused-ring (bicyclic) bond motifs is 1. The summed E-state index contributed by atoms with van der Waals surface area (Å²) >= 11 is 0. The molecule has 0 aliphatic heterocycles. The predicted molar refractivity (Wildman–Crippen MR) is 91.2 cm³/mol. The quantitative estimate of drug-likeness (QED) is 0.758. The lowest BCUT2D eigenvalue weighted by Crippen LogP contribution is -1.94. The van der Waals surface area contributed by atoms with E-state index in [4.69, 9.17) is 4.74 Å². The first-order valence-corrected chi connectivity index (χ1v) is 7.73. The van der Waals surface area contributed by atoms with Gasteiger partial charge in [0.1, 0.15) is 5.75 Å². The molecule has 3 rings (SSSR count). The molecule has 23 heavy (non-hydrogen) atoms. The second-order valence-corrected chi connectivity index (χ2v) is 5.32. The summed E-state index contributed by atoms with van der Waals surface area (Å²) in [6.45, 7) is 5.34. The normalized spacial score (nSPS) is 10.9. The number of aryl methyl sites for hydroxylation is 1. The van der Waals surface area contributed by atoms with E-state index in [1.165, 1.54) is 0 Å². The maximum Gasteiger partial charge on any atom is 0.337 e. The molecule has 0 aliphatic carbocycles. The summed E-state index contributed by atoms with van der Waals surface area (Å²) in [6.07, 6.45) is 1.70. The SMILES string of the molecule is CCOc1ccc(-c2ccc3c(c2)c(C(=O)O)cn3CC)cc1. The van der Waals surface area contributed by atoms with Crippen molar-refractivity contribution in [3.8, 4) is 16.9 Å². The third-order valence-corrected chi connectivity index (χ3v) is 3.95. The summed E-state index contributed by atoms with van der Waals surface area (Å²) in [5.41, 5.74) is 3.32. The van der Waals surface area contributed by atoms with Crippen molar-refractivity contribution in [2.45, 2.75) is 20.4 Å². The Hall–Kier alpha value is -2.75. The maximum absolute atomic E-state index is 11.5. The minimum atomic E-state index is -0.897. The number of aromatic carboxylic acids is 1. The van der Waals surface area contributed by atoms with E-state index in [1.807, 2.05) is 60.9 Å². The molecule has 3 aromatic rings. The molecule has 118 valence electrons. The van der Waals surface area contributed by atoms with E-state index in [0.717, 1.165) is 34.3 Å². The highest BCUT2D eigenvalue weighted by Gasteiger charge is 2.14. The van der Waals surface area contributed by atoms with Crippen LogP contribution in [0.4, 0.5) is 0 Å². The molecule has 0 amide bonds. The molecule has 4 heteroatoms. The van der Waals surface area contributed by atoms with Gasteiger partial charge in [0.15, 0.2) is 0 Å². The number of hydrogen-bond donors (Lipinski definition) is 1. The number of nitrogens with zero attached hydrogens (tertiary/aromatic N) is 1. The van der Waals surface area contributed by atoms with Gasteiger partial charge in [-0.15, -0.1) is 0 Å². The molecule has 0 atom stereocenters. The van der Waals surface area contributed by atoms with Gasteiger partial charge >= 0.3 is 5.97 Å². The molecule has 0 spiro atoms. The average molecular weight is 309 g/mol. The Morgan fingerprint density at radius 1 is 1.09 bits per heavy atom. The van der Waals surface area contributed by atoms with Crippen molar-refractivity contribution in [3.05, 3.63) is 54.2 Å². The number of carbonyl (C=O) groups is 1. The Labute approximate surface area is 134 Å². The minimum Gasteiger partial charge on any atom is -0.494 e. The molecule has 0 aliphatic rings. The summed E-state index contributed by atoms with van der Waals surface area (Å²) in [4.78, 5) is 11.5. The van der Waals surface area contributed by atoms with Gasteiger partial charge in [-0.05, 0) is 49.2 Å². The molecular formula is C19H19NO3. The van der Waals surface area contributed by atoms with Crippen LogP contribution >= 0.6 is 0 Å². The van der Waals surface area contributed by atoms with E-state index < -0.39 is 5.97 Å². The Morgan fingerprint density at radius 2 is 1.78 bits per heavy atom. The first kappa shape index (κ1) is 15.2. The van der Waals surface area contributed by atoms with Crippen LogP contribution in [0.3, 0.4) is 0 Å². The average Bonchev–Trinajstić information content (AvgIpc) is 2.94. The van der Waals surface area contributed by atoms with Crippen LogP contribution in [0.2, 0.25) is 0 Å². The molecule has 0 unspecified atom stereocenters. The van der Waals surface area contributed by atoms with E-state index in [-0.39, 0.29) is 0 Å². The number of carboxylic acids is 1. The number of ether oxygens (including phenoxy) is 1. The number of benzene rings is 2. The lowest BCUT2D eigenvalue weighted by molar-refractivity contribution is 0.0699. The Bertz CT molecular complexity index is 847. The van der Waals surface area contributed by atoms with Gasteiger partial charge in [-0.1, -0.05) is 18.2 Å². The molecule has 4 nitrogen and oxygen atoms in total. The second kappa shape index (κ2) is 6.16. The summed E-state index contributed by atoms with van der Waals surface area (Å²) in [6, 6.07) is 13.8. The fourth-order valence-corrected chi connectivity index (χ4v) is 2.82. The van der Waals surface area contributed by atoms with Crippen LogP contribution in [0.5, 0.6) is 5.75 Å². The van der Waals surface area contributed by atoms with Crippen molar-refractivity contribution in [2.75, 3.05) is 6.61 Å². The zero-order valence-electron chi connectivity index (χ0n) is 13.2. The smallest absolute Gasteiger partial charge is 0.337 e. The van der Waals surface area contributed by atoms with Gasteiger partial charge in [0.25, 0.3) is 0 Å². The Morgan fingerprint density at radius 3 is 2.39 bits per heavy atom. The van der Waals surface area contributed by atoms with Crippen LogP contribution in [0.1, 0.15) is 24.2 Å². The van der Waals surface area contributed by atoms with Gasteiger partial charge in [-0.25, -0.2) is 4.79 Å². The molecule has 0 radical (unpaired) electrons. The molecule has 0 saturated carbocycles. The molecule has 2 aromatic carbocycles. The number of rotatable bonds is 5. The van der Waals surface area contributed by atoms with Crippen LogP contribution in [0.25, 0.3) is 22.0 Å². The summed E-state index contributed by atoms with van der Waals surface area (Å²) < 4.78 is 7.41. The topological polar surface area (TPSA) is 51.5 Å². The molecular weight excluding hydrogens is 290 g/mol. The van der Waals surface area contributed by atoms with Crippen molar-refractivity contribution in [1.29, 1.82) is 0 Å². The number of hydrogen-bond acceptors (Lipinski definition) is 2. The minimum absolute atomic E-state index is 0.342. The van der Waals surface area contributed by atoms with E-state index in [2.05, 4.69) is 0 Å². The van der Waals surface area contributed by atoms with Gasteiger partial charge in [-0.2, -0.15) is 0 Å². The largest absolute Gasteiger partial charge is 0.494 e. The van der Waals surface area contributed by atoms with Crippen molar-refractivity contribution in [3.63, 3.8) is 0 Å². The van der Waals surface area contributed by atoms with Crippen LogP contribution < -0.4 is 4.74 Å². The van der Waals surface area contributed by atoms with Crippen LogP contribution in [-0.2, 0) is 6.54 Å². The fourth-order valence-electron chi connectivity index (χ4n) is 2.82. The molecule has 1 aromatic heterocycles. The van der Waals surface area contributed by atoms with Gasteiger partial charge in [-0.3, -0.25) is 0 Å². The van der Waals surface area contributed by atoms with Crippen molar-refractivity contribution < 1.29 is 14.6 Å². The maximum atomic E-state index is 11.5. The first-order valence-electron chi connectivity index (χ1n) is 7.73. The molecule has 1 heterocycles. The third-order valence-electron chi connectivity index (χ3n) is 3.95. The van der Waals surface area contributed by atoms with Gasteiger partial charge in [0, 0.05) is 23.6 Å². The summed E-state index contributed by atoms with van der Waals surface area (Å²) in [7, 11) is 0. The molecule has 1 N–H and O–H groups in total.